The smallest absolute Gasteiger partial charge is 0.130 e. The summed E-state index contributed by atoms with van der Waals surface area (Å²) in [5, 5.41) is 4.57. The second-order valence-corrected chi connectivity index (χ2v) is 7.89. The third-order valence-electron chi connectivity index (χ3n) is 5.97. The highest BCUT2D eigenvalue weighted by molar-refractivity contribution is 5.86. The van der Waals surface area contributed by atoms with Gasteiger partial charge in [-0.3, -0.25) is 4.98 Å². The van der Waals surface area contributed by atoms with E-state index >= 15 is 0 Å². The molecule has 0 amide bonds. The number of piperidine rings is 1. The Hall–Kier alpha value is -2.85. The lowest BCUT2D eigenvalue weighted by Gasteiger charge is -2.31. The first-order valence-electron chi connectivity index (χ1n) is 10.8. The number of rotatable bonds is 8. The summed E-state index contributed by atoms with van der Waals surface area (Å²) in [5.74, 6) is 3.03. The molecule has 156 valence electrons. The lowest BCUT2D eigenvalue weighted by atomic mass is 9.82. The van der Waals surface area contributed by atoms with Crippen LogP contribution in [0.2, 0.25) is 0 Å². The molecule has 0 unspecified atom stereocenters. The summed E-state index contributed by atoms with van der Waals surface area (Å²) in [6.07, 6.45) is 9.74. The van der Waals surface area contributed by atoms with Gasteiger partial charge >= 0.3 is 0 Å². The van der Waals surface area contributed by atoms with Crippen LogP contribution >= 0.6 is 0 Å². The molecule has 0 spiro atoms. The van der Waals surface area contributed by atoms with Gasteiger partial charge in [-0.25, -0.2) is 0 Å². The highest BCUT2D eigenvalue weighted by Gasteiger charge is 2.23. The van der Waals surface area contributed by atoms with Gasteiger partial charge in [-0.05, 0) is 74.0 Å². The summed E-state index contributed by atoms with van der Waals surface area (Å²) in [4.78, 5) is 4.43. The summed E-state index contributed by atoms with van der Waals surface area (Å²) in [5.41, 5.74) is 2.19. The molecule has 4 rings (SSSR count). The van der Waals surface area contributed by atoms with Crippen molar-refractivity contribution in [2.75, 3.05) is 26.8 Å². The van der Waals surface area contributed by atoms with Crippen LogP contribution in [-0.4, -0.2) is 31.8 Å². The molecule has 2 heterocycles. The van der Waals surface area contributed by atoms with Crippen molar-refractivity contribution in [1.82, 2.24) is 10.3 Å². The fraction of sp³-hybridized carbons (Fsp3) is 0.346. The number of hydrogen-bond acceptors (Lipinski definition) is 4. The number of fused-ring (bicyclic) bond motifs is 1. The molecular weight excluding hydrogens is 372 g/mol. The van der Waals surface area contributed by atoms with E-state index in [2.05, 4.69) is 52.8 Å². The quantitative estimate of drug-likeness (QED) is 0.552. The predicted molar refractivity (Wildman–Crippen MR) is 123 cm³/mol. The Kier molecular flexibility index (Phi) is 6.99. The largest absolute Gasteiger partial charge is 0.497 e. The number of benzene rings is 2. The summed E-state index contributed by atoms with van der Waals surface area (Å²) in [7, 11) is 1.68. The first kappa shape index (κ1) is 20.4. The van der Waals surface area contributed by atoms with Gasteiger partial charge in [0.2, 0.25) is 0 Å². The summed E-state index contributed by atoms with van der Waals surface area (Å²) >= 11 is 0. The van der Waals surface area contributed by atoms with Crippen molar-refractivity contribution in [3.63, 3.8) is 0 Å². The van der Waals surface area contributed by atoms with Gasteiger partial charge in [0.25, 0.3) is 0 Å². The molecule has 1 N–H and O–H groups in total. The Morgan fingerprint density at radius 2 is 2.00 bits per heavy atom. The van der Waals surface area contributed by atoms with E-state index in [4.69, 9.17) is 9.47 Å². The van der Waals surface area contributed by atoms with E-state index in [0.717, 1.165) is 54.9 Å². The van der Waals surface area contributed by atoms with E-state index in [1.165, 1.54) is 12.0 Å². The van der Waals surface area contributed by atoms with Crippen LogP contribution < -0.4 is 14.8 Å². The molecule has 1 fully saturated rings. The standard InChI is InChI=1S/C26H30N2O2/c1-29-23-10-11-25-24(18-23)26(13-16-28-25)30-17-14-21-12-15-27-19-22(21)9-5-8-20-6-3-2-4-7-20/h2-8,10-11,13,16,18,21-22,27H,9,12,14-15,17,19H2,1H3/t21-,22-/m0/s1. The van der Waals surface area contributed by atoms with Crippen molar-refractivity contribution < 1.29 is 9.47 Å². The summed E-state index contributed by atoms with van der Waals surface area (Å²) in [6.45, 7) is 2.90. The second-order valence-electron chi connectivity index (χ2n) is 7.89. The van der Waals surface area contributed by atoms with E-state index in [1.54, 1.807) is 7.11 Å². The lowest BCUT2D eigenvalue weighted by molar-refractivity contribution is 0.198. The molecule has 1 aliphatic rings. The fourth-order valence-electron chi connectivity index (χ4n) is 4.25. The zero-order valence-corrected chi connectivity index (χ0v) is 17.6. The van der Waals surface area contributed by atoms with Gasteiger partial charge in [0.05, 0.1) is 19.2 Å². The Morgan fingerprint density at radius 1 is 1.10 bits per heavy atom. The van der Waals surface area contributed by atoms with Gasteiger partial charge in [-0.15, -0.1) is 0 Å². The third kappa shape index (κ3) is 5.19. The van der Waals surface area contributed by atoms with Crippen molar-refractivity contribution in [3.8, 4) is 11.5 Å². The first-order valence-corrected chi connectivity index (χ1v) is 10.8. The second kappa shape index (κ2) is 10.3. The van der Waals surface area contributed by atoms with Crippen LogP contribution in [0.3, 0.4) is 0 Å². The maximum Gasteiger partial charge on any atom is 0.130 e. The fourth-order valence-corrected chi connectivity index (χ4v) is 4.25. The van der Waals surface area contributed by atoms with Gasteiger partial charge in [-0.2, -0.15) is 0 Å². The van der Waals surface area contributed by atoms with Crippen LogP contribution in [0.1, 0.15) is 24.8 Å². The van der Waals surface area contributed by atoms with Crippen molar-refractivity contribution in [3.05, 3.63) is 72.4 Å². The molecule has 0 saturated carbocycles. The Balaban J connectivity index is 1.35. The van der Waals surface area contributed by atoms with Gasteiger partial charge in [0.15, 0.2) is 0 Å². The zero-order chi connectivity index (χ0) is 20.6. The molecule has 3 aromatic rings. The Bertz CT molecular complexity index is 971. The molecule has 4 heteroatoms. The van der Waals surface area contributed by atoms with Gasteiger partial charge in [0.1, 0.15) is 11.5 Å². The van der Waals surface area contributed by atoms with Crippen LogP contribution in [0, 0.1) is 11.8 Å². The van der Waals surface area contributed by atoms with Crippen molar-refractivity contribution in [2.24, 2.45) is 11.8 Å². The molecule has 1 saturated heterocycles. The van der Waals surface area contributed by atoms with E-state index in [-0.39, 0.29) is 0 Å². The molecule has 4 nitrogen and oxygen atoms in total. The number of nitrogens with zero attached hydrogens (tertiary/aromatic N) is 1. The monoisotopic (exact) mass is 402 g/mol. The van der Waals surface area contributed by atoms with Gasteiger partial charge in [-0.1, -0.05) is 42.5 Å². The Morgan fingerprint density at radius 3 is 2.87 bits per heavy atom. The molecule has 1 aromatic heterocycles. The predicted octanol–water partition coefficient (Wildman–Crippen LogP) is 5.34. The highest BCUT2D eigenvalue weighted by atomic mass is 16.5. The number of aromatic nitrogens is 1. The van der Waals surface area contributed by atoms with E-state index in [0.29, 0.717) is 11.8 Å². The maximum atomic E-state index is 6.21. The van der Waals surface area contributed by atoms with Gasteiger partial charge < -0.3 is 14.8 Å². The van der Waals surface area contributed by atoms with Crippen LogP contribution in [0.5, 0.6) is 11.5 Å². The van der Waals surface area contributed by atoms with Crippen molar-refractivity contribution >= 4 is 17.0 Å². The SMILES string of the molecule is COc1ccc2nccc(OCC[C@@H]3CCNC[C@@H]3CC=Cc3ccccc3)c2c1. The number of hydrogen-bond donors (Lipinski definition) is 1. The van der Waals surface area contributed by atoms with Crippen LogP contribution in [0.4, 0.5) is 0 Å². The number of nitrogens with one attached hydrogen (secondary N) is 1. The lowest BCUT2D eigenvalue weighted by Crippen LogP contribution is -2.37. The van der Waals surface area contributed by atoms with Crippen LogP contribution in [0.15, 0.2) is 66.9 Å². The molecular formula is C26H30N2O2. The van der Waals surface area contributed by atoms with Crippen molar-refractivity contribution in [1.29, 1.82) is 0 Å². The number of pyridine rings is 1. The minimum absolute atomic E-state index is 0.650. The van der Waals surface area contributed by atoms with E-state index < -0.39 is 0 Å². The molecule has 30 heavy (non-hydrogen) atoms. The molecule has 0 aliphatic carbocycles. The normalized spacial score (nSPS) is 19.2. The molecule has 2 atom stereocenters. The Labute approximate surface area is 178 Å². The first-order chi connectivity index (χ1) is 14.8. The maximum absolute atomic E-state index is 6.21. The molecule has 0 bridgehead atoms. The zero-order valence-electron chi connectivity index (χ0n) is 17.6. The number of allylic oxidation sites excluding steroid dienone is 1. The molecule has 0 radical (unpaired) electrons. The van der Waals surface area contributed by atoms with Crippen LogP contribution in [0.25, 0.3) is 17.0 Å². The number of methoxy groups -OCH3 is 1. The highest BCUT2D eigenvalue weighted by Crippen LogP contribution is 2.30. The molecule has 2 aromatic carbocycles. The summed E-state index contributed by atoms with van der Waals surface area (Å²) < 4.78 is 11.6. The van der Waals surface area contributed by atoms with E-state index in [1.807, 2.05) is 30.5 Å². The topological polar surface area (TPSA) is 43.4 Å². The van der Waals surface area contributed by atoms with Crippen LogP contribution in [-0.2, 0) is 0 Å². The average Bonchev–Trinajstić information content (AvgIpc) is 2.80. The third-order valence-corrected chi connectivity index (χ3v) is 5.97. The average molecular weight is 403 g/mol. The minimum atomic E-state index is 0.650. The van der Waals surface area contributed by atoms with Crippen molar-refractivity contribution in [2.45, 2.75) is 19.3 Å². The number of ether oxygens (including phenoxy) is 2. The summed E-state index contributed by atoms with van der Waals surface area (Å²) in [6, 6.07) is 18.4. The molecule has 1 aliphatic heterocycles. The minimum Gasteiger partial charge on any atom is -0.497 e. The van der Waals surface area contributed by atoms with Gasteiger partial charge in [0, 0.05) is 11.6 Å². The van der Waals surface area contributed by atoms with E-state index in [9.17, 15) is 0 Å².